The van der Waals surface area contributed by atoms with Crippen LogP contribution in [0.2, 0.25) is 0 Å². The van der Waals surface area contributed by atoms with Gasteiger partial charge in [-0.25, -0.2) is 4.79 Å². The van der Waals surface area contributed by atoms with Gasteiger partial charge in [-0.05, 0) is 26.0 Å². The molecule has 0 bridgehead atoms. The molecule has 218 valence electrons. The van der Waals surface area contributed by atoms with Crippen LogP contribution in [0, 0.1) is 0 Å². The van der Waals surface area contributed by atoms with Crippen molar-refractivity contribution in [2.45, 2.75) is 40.2 Å². The van der Waals surface area contributed by atoms with Crippen LogP contribution in [0.15, 0.2) is 45.9 Å². The monoisotopic (exact) mass is 585 g/mol. The molecule has 41 heavy (non-hydrogen) atoms. The largest absolute Gasteiger partial charge is 0.494 e. The van der Waals surface area contributed by atoms with Gasteiger partial charge < -0.3 is 23.9 Å². The number of aromatic nitrogens is 5. The van der Waals surface area contributed by atoms with Crippen molar-refractivity contribution in [3.05, 3.63) is 52.8 Å². The summed E-state index contributed by atoms with van der Waals surface area (Å²) in [5, 5.41) is 17.6. The molecule has 15 heteroatoms. The SMILES string of the molecule is CC.COc1cccnc1-c1cc(C(=O)Nc2nnc(-n3nccc3NC(C)=O)s2)oc(=O)c1OCC(C)(C)OC. The lowest BCUT2D eigenvalue weighted by Crippen LogP contribution is -2.32. The molecule has 0 saturated carbocycles. The Labute approximate surface area is 239 Å². The van der Waals surface area contributed by atoms with Crippen LogP contribution < -0.4 is 25.7 Å². The molecule has 0 fully saturated rings. The molecule has 0 spiro atoms. The average Bonchev–Trinajstić information content (AvgIpc) is 3.62. The van der Waals surface area contributed by atoms with E-state index in [9.17, 15) is 14.4 Å². The smallest absolute Gasteiger partial charge is 0.379 e. The molecule has 4 heterocycles. The summed E-state index contributed by atoms with van der Waals surface area (Å²) >= 11 is 0.986. The molecule has 0 unspecified atom stereocenters. The molecule has 0 aromatic carbocycles. The minimum Gasteiger partial charge on any atom is -0.494 e. The maximum absolute atomic E-state index is 13.1. The fourth-order valence-corrected chi connectivity index (χ4v) is 3.92. The van der Waals surface area contributed by atoms with Crippen molar-refractivity contribution in [1.29, 1.82) is 0 Å². The van der Waals surface area contributed by atoms with Crippen LogP contribution in [0.25, 0.3) is 16.4 Å². The highest BCUT2D eigenvalue weighted by molar-refractivity contribution is 7.17. The number of amides is 2. The zero-order valence-electron chi connectivity index (χ0n) is 23.7. The Morgan fingerprint density at radius 2 is 1.88 bits per heavy atom. The second-order valence-corrected chi connectivity index (χ2v) is 9.56. The summed E-state index contributed by atoms with van der Waals surface area (Å²) in [6.45, 7) is 8.95. The van der Waals surface area contributed by atoms with Crippen LogP contribution in [0.1, 0.15) is 45.2 Å². The quantitative estimate of drug-likeness (QED) is 0.277. The first-order valence-corrected chi connectivity index (χ1v) is 13.3. The van der Waals surface area contributed by atoms with Gasteiger partial charge in [0.2, 0.25) is 21.9 Å². The Morgan fingerprint density at radius 3 is 2.56 bits per heavy atom. The van der Waals surface area contributed by atoms with Crippen LogP contribution in [0.4, 0.5) is 10.9 Å². The van der Waals surface area contributed by atoms with Gasteiger partial charge in [-0.3, -0.25) is 19.9 Å². The highest BCUT2D eigenvalue weighted by atomic mass is 32.1. The van der Waals surface area contributed by atoms with Gasteiger partial charge in [0.25, 0.3) is 5.91 Å². The number of hydrogen-bond acceptors (Lipinski definition) is 12. The predicted molar refractivity (Wildman–Crippen MR) is 152 cm³/mol. The highest BCUT2D eigenvalue weighted by Gasteiger charge is 2.26. The molecule has 4 aromatic heterocycles. The number of carbonyl (C=O) groups is 2. The number of nitrogens with zero attached hydrogens (tertiary/aromatic N) is 5. The lowest BCUT2D eigenvalue weighted by Gasteiger charge is -2.23. The molecule has 0 atom stereocenters. The van der Waals surface area contributed by atoms with Gasteiger partial charge in [-0.15, -0.1) is 10.2 Å². The molecule has 0 radical (unpaired) electrons. The molecule has 4 rings (SSSR count). The number of pyridine rings is 1. The normalized spacial score (nSPS) is 10.8. The van der Waals surface area contributed by atoms with Gasteiger partial charge in [-0.1, -0.05) is 25.2 Å². The number of hydrogen-bond donors (Lipinski definition) is 2. The van der Waals surface area contributed by atoms with Crippen molar-refractivity contribution < 1.29 is 28.2 Å². The topological polar surface area (TPSA) is 173 Å². The first kappa shape index (κ1) is 30.9. The Kier molecular flexibility index (Phi) is 10.3. The van der Waals surface area contributed by atoms with Gasteiger partial charge in [0.15, 0.2) is 5.76 Å². The van der Waals surface area contributed by atoms with Crippen molar-refractivity contribution in [3.63, 3.8) is 0 Å². The average molecular weight is 586 g/mol. The first-order valence-electron chi connectivity index (χ1n) is 12.4. The third-order valence-electron chi connectivity index (χ3n) is 5.26. The number of rotatable bonds is 10. The van der Waals surface area contributed by atoms with Gasteiger partial charge in [-0.2, -0.15) is 9.78 Å². The van der Waals surface area contributed by atoms with Gasteiger partial charge >= 0.3 is 5.63 Å². The minimum absolute atomic E-state index is 0.0173. The second-order valence-electron chi connectivity index (χ2n) is 8.60. The fourth-order valence-electron chi connectivity index (χ4n) is 3.21. The molecule has 0 aliphatic carbocycles. The summed E-state index contributed by atoms with van der Waals surface area (Å²) in [7, 11) is 2.98. The number of anilines is 2. The van der Waals surface area contributed by atoms with E-state index in [-0.39, 0.29) is 45.5 Å². The van der Waals surface area contributed by atoms with Crippen molar-refractivity contribution in [2.24, 2.45) is 0 Å². The number of carbonyl (C=O) groups excluding carboxylic acids is 2. The predicted octanol–water partition coefficient (Wildman–Crippen LogP) is 3.79. The Morgan fingerprint density at radius 1 is 1.12 bits per heavy atom. The molecule has 2 N–H and O–H groups in total. The Bertz CT molecular complexity index is 1560. The molecular weight excluding hydrogens is 554 g/mol. The van der Waals surface area contributed by atoms with Crippen molar-refractivity contribution in [1.82, 2.24) is 25.0 Å². The van der Waals surface area contributed by atoms with E-state index >= 15 is 0 Å². The van der Waals surface area contributed by atoms with Crippen LogP contribution in [0.3, 0.4) is 0 Å². The van der Waals surface area contributed by atoms with E-state index in [1.807, 2.05) is 13.8 Å². The van der Waals surface area contributed by atoms with Crippen LogP contribution >= 0.6 is 11.3 Å². The van der Waals surface area contributed by atoms with E-state index in [1.54, 1.807) is 32.0 Å². The summed E-state index contributed by atoms with van der Waals surface area (Å²) in [5.41, 5.74) is -1.14. The number of nitrogens with one attached hydrogen (secondary N) is 2. The van der Waals surface area contributed by atoms with E-state index < -0.39 is 17.1 Å². The zero-order chi connectivity index (χ0) is 30.2. The first-order chi connectivity index (χ1) is 19.6. The summed E-state index contributed by atoms with van der Waals surface area (Å²) in [5.74, 6) is -0.801. The van der Waals surface area contributed by atoms with E-state index in [0.717, 1.165) is 11.3 Å². The standard InChI is InChI=1S/C24H25N7O7S.C2H6/c1-13(32)27-17-8-10-26-31(17)23-30-29-22(39-23)28-20(33)16-11-14(18-15(35-4)7-6-9-25-18)19(21(34)38-16)37-12-24(2,3)36-5;1-2/h6-11H,12H2,1-5H3,(H,27,32)(H,28,29,33);1-2H3. The van der Waals surface area contributed by atoms with Crippen LogP contribution in [-0.4, -0.2) is 63.2 Å². The van der Waals surface area contributed by atoms with Crippen molar-refractivity contribution in [2.75, 3.05) is 31.5 Å². The highest BCUT2D eigenvalue weighted by Crippen LogP contribution is 2.34. The van der Waals surface area contributed by atoms with E-state index in [1.165, 1.54) is 44.3 Å². The molecule has 4 aromatic rings. The van der Waals surface area contributed by atoms with Crippen LogP contribution in [0.5, 0.6) is 11.5 Å². The summed E-state index contributed by atoms with van der Waals surface area (Å²) in [6.07, 6.45) is 2.99. The van der Waals surface area contributed by atoms with Gasteiger partial charge in [0, 0.05) is 32.4 Å². The molecule has 0 saturated heterocycles. The summed E-state index contributed by atoms with van der Waals surface area (Å²) in [6, 6.07) is 6.24. The molecule has 0 aliphatic heterocycles. The number of ether oxygens (including phenoxy) is 3. The minimum atomic E-state index is -0.897. The summed E-state index contributed by atoms with van der Waals surface area (Å²) < 4.78 is 23.2. The maximum Gasteiger partial charge on any atom is 0.379 e. The van der Waals surface area contributed by atoms with Crippen molar-refractivity contribution in [3.8, 4) is 27.9 Å². The molecule has 14 nitrogen and oxygen atoms in total. The second kappa shape index (κ2) is 13.6. The molecule has 2 amide bonds. The third-order valence-corrected chi connectivity index (χ3v) is 6.07. The van der Waals surface area contributed by atoms with E-state index in [2.05, 4.69) is 30.9 Å². The van der Waals surface area contributed by atoms with E-state index in [0.29, 0.717) is 11.6 Å². The summed E-state index contributed by atoms with van der Waals surface area (Å²) in [4.78, 5) is 41.9. The van der Waals surface area contributed by atoms with Gasteiger partial charge in [0.05, 0.1) is 24.5 Å². The van der Waals surface area contributed by atoms with Crippen LogP contribution in [-0.2, 0) is 9.53 Å². The lowest BCUT2D eigenvalue weighted by molar-refractivity contribution is -0.114. The third kappa shape index (κ3) is 7.52. The van der Waals surface area contributed by atoms with E-state index in [4.69, 9.17) is 18.6 Å². The molecular formula is C26H31N7O7S. The fraction of sp³-hybridized carbons (Fsp3) is 0.346. The Balaban J connectivity index is 0.00000226. The van der Waals surface area contributed by atoms with Gasteiger partial charge in [0.1, 0.15) is 23.9 Å². The lowest BCUT2D eigenvalue weighted by atomic mass is 10.1. The Hall–Kier alpha value is -4.63. The van der Waals surface area contributed by atoms with Crippen molar-refractivity contribution >= 4 is 34.1 Å². The zero-order valence-corrected chi connectivity index (χ0v) is 24.5. The number of methoxy groups -OCH3 is 2. The molecule has 0 aliphatic rings. The maximum atomic E-state index is 13.1.